The Hall–Kier alpha value is -3.05. The molecule has 0 aromatic heterocycles. The highest BCUT2D eigenvalue weighted by Crippen LogP contribution is 2.49. The topological polar surface area (TPSA) is 64.1 Å². The zero-order valence-corrected chi connectivity index (χ0v) is 24.1. The molecule has 1 amide bonds. The number of alkyl halides is 3. The van der Waals surface area contributed by atoms with Gasteiger partial charge in [-0.2, -0.15) is 13.2 Å². The van der Waals surface area contributed by atoms with E-state index in [4.69, 9.17) is 0 Å². The fourth-order valence-electron chi connectivity index (χ4n) is 6.52. The lowest BCUT2D eigenvalue weighted by Crippen LogP contribution is -2.63. The number of benzene rings is 2. The van der Waals surface area contributed by atoms with Crippen LogP contribution in [0.25, 0.3) is 0 Å². The highest BCUT2D eigenvalue weighted by atomic mass is 19.4. The average molecular weight is 596 g/mol. The van der Waals surface area contributed by atoms with Crippen LogP contribution in [0, 0.1) is 30.4 Å². The summed E-state index contributed by atoms with van der Waals surface area (Å²) in [4.78, 5) is 32.7. The van der Waals surface area contributed by atoms with Crippen LogP contribution in [-0.4, -0.2) is 90.5 Å². The summed E-state index contributed by atoms with van der Waals surface area (Å²) < 4.78 is 74.4. The second kappa shape index (κ2) is 13.1. The Kier molecular flexibility index (Phi) is 9.92. The minimum atomic E-state index is -4.84. The number of amides is 1. The molecule has 42 heavy (non-hydrogen) atoms. The van der Waals surface area contributed by atoms with E-state index in [1.807, 2.05) is 19.0 Å². The molecule has 0 bridgehead atoms. The molecule has 11 heteroatoms. The van der Waals surface area contributed by atoms with Crippen molar-refractivity contribution in [1.82, 2.24) is 14.7 Å². The van der Waals surface area contributed by atoms with Gasteiger partial charge in [0.25, 0.3) is 0 Å². The molecule has 230 valence electrons. The number of hydrogen-bond donors (Lipinski definition) is 1. The molecule has 1 N–H and O–H groups in total. The number of Topliss-reactive ketones (excluding diaryl/α,β-unsaturated/α-hetero) is 1. The summed E-state index contributed by atoms with van der Waals surface area (Å²) in [6.07, 6.45) is -2.57. The maximum Gasteiger partial charge on any atom is 0.404 e. The smallest absolute Gasteiger partial charge is 0.404 e. The predicted octanol–water partition coefficient (Wildman–Crippen LogP) is 5.39. The van der Waals surface area contributed by atoms with Crippen molar-refractivity contribution in [3.8, 4) is 5.75 Å². The van der Waals surface area contributed by atoms with Gasteiger partial charge in [-0.1, -0.05) is 12.1 Å². The first-order valence-electron chi connectivity index (χ1n) is 14.3. The zero-order chi connectivity index (χ0) is 30.8. The largest absolute Gasteiger partial charge is 0.507 e. The second-order valence-corrected chi connectivity index (χ2v) is 11.7. The van der Waals surface area contributed by atoms with Crippen molar-refractivity contribution < 1.29 is 36.6 Å². The molecular formula is C31H38F5N3O3. The highest BCUT2D eigenvalue weighted by molar-refractivity contribution is 6.01. The van der Waals surface area contributed by atoms with E-state index >= 15 is 13.2 Å². The molecule has 0 unspecified atom stereocenters. The quantitative estimate of drug-likeness (QED) is 0.239. The van der Waals surface area contributed by atoms with Crippen LogP contribution in [0.3, 0.4) is 0 Å². The van der Waals surface area contributed by atoms with Gasteiger partial charge < -0.3 is 14.9 Å². The molecule has 2 saturated heterocycles. The van der Waals surface area contributed by atoms with E-state index in [1.165, 1.54) is 30.0 Å². The average Bonchev–Trinajstić information content (AvgIpc) is 3.47. The third kappa shape index (κ3) is 6.78. The number of unbranched alkanes of at least 4 members (excludes halogenated alkanes) is 1. The Balaban J connectivity index is 1.90. The van der Waals surface area contributed by atoms with E-state index in [-0.39, 0.29) is 23.2 Å². The van der Waals surface area contributed by atoms with Crippen molar-refractivity contribution in [2.45, 2.75) is 50.7 Å². The maximum atomic E-state index is 15.1. The molecule has 2 aliphatic heterocycles. The molecule has 0 spiro atoms. The van der Waals surface area contributed by atoms with Crippen LogP contribution in [0.2, 0.25) is 0 Å². The molecule has 0 saturated carbocycles. The fraction of sp³-hybridized carbons (Fsp3) is 0.548. The van der Waals surface area contributed by atoms with Gasteiger partial charge in [-0.15, -0.1) is 0 Å². The molecule has 4 rings (SSSR count). The molecule has 2 aromatic carbocycles. The van der Waals surface area contributed by atoms with Gasteiger partial charge in [0.15, 0.2) is 5.78 Å². The molecule has 0 radical (unpaired) electrons. The second-order valence-electron chi connectivity index (χ2n) is 11.7. The van der Waals surface area contributed by atoms with Crippen LogP contribution in [0.4, 0.5) is 22.0 Å². The van der Waals surface area contributed by atoms with Gasteiger partial charge >= 0.3 is 6.18 Å². The van der Waals surface area contributed by atoms with Gasteiger partial charge in [-0.05, 0) is 95.2 Å². The molecule has 4 atom stereocenters. The summed E-state index contributed by atoms with van der Waals surface area (Å²) in [7, 11) is 3.71. The summed E-state index contributed by atoms with van der Waals surface area (Å²) in [6.45, 7) is 2.22. The maximum absolute atomic E-state index is 15.1. The van der Waals surface area contributed by atoms with Gasteiger partial charge in [-0.25, -0.2) is 8.78 Å². The monoisotopic (exact) mass is 595 g/mol. The van der Waals surface area contributed by atoms with Gasteiger partial charge in [-0.3, -0.25) is 14.5 Å². The lowest BCUT2D eigenvalue weighted by molar-refractivity contribution is -0.214. The van der Waals surface area contributed by atoms with Crippen molar-refractivity contribution in [3.05, 3.63) is 64.7 Å². The Bertz CT molecular complexity index is 1280. The van der Waals surface area contributed by atoms with E-state index in [1.54, 1.807) is 0 Å². The zero-order valence-electron chi connectivity index (χ0n) is 24.1. The number of likely N-dealkylation sites (tertiary alicyclic amines) is 2. The van der Waals surface area contributed by atoms with Crippen LogP contribution in [-0.2, 0) is 4.79 Å². The molecule has 2 heterocycles. The SMILES string of the molecule is Cc1c(F)cccc1[C@H]1[C@H](C(=O)N2CCCC2)[C@@H](C(F)(F)F)N(CCCCN(C)C)C[C@@H]1C(=O)c1cc(F)ccc1O. The number of hydrogen-bond acceptors (Lipinski definition) is 5. The normalized spacial score (nSPS) is 23.5. The van der Waals surface area contributed by atoms with Crippen LogP contribution >= 0.6 is 0 Å². The van der Waals surface area contributed by atoms with Crippen LogP contribution in [0.15, 0.2) is 36.4 Å². The van der Waals surface area contributed by atoms with Gasteiger partial charge in [0.1, 0.15) is 23.4 Å². The molecular weight excluding hydrogens is 557 g/mol. The standard InChI is InChI=1S/C31H38F5N3O3/c1-19-21(9-8-10-24(19)33)26-23(28(41)22-17-20(32)11-12-25(22)40)18-39(16-5-4-13-37(2)3)29(31(34,35)36)27(26)30(42)38-14-6-7-15-38/h8-12,17,23,26-27,29,40H,4-7,13-16,18H2,1-3H3/t23-,26+,27-,29-/m0/s1. The first kappa shape index (κ1) is 31.9. The molecule has 2 fully saturated rings. The van der Waals surface area contributed by atoms with Crippen LogP contribution < -0.4 is 0 Å². The Labute approximate surface area is 243 Å². The number of carbonyl (C=O) groups excluding carboxylic acids is 2. The third-order valence-electron chi connectivity index (χ3n) is 8.55. The fourth-order valence-corrected chi connectivity index (χ4v) is 6.52. The number of nitrogens with zero attached hydrogens (tertiary/aromatic N) is 3. The Morgan fingerprint density at radius 1 is 1.05 bits per heavy atom. The van der Waals surface area contributed by atoms with E-state index in [9.17, 15) is 23.5 Å². The first-order valence-corrected chi connectivity index (χ1v) is 14.3. The summed E-state index contributed by atoms with van der Waals surface area (Å²) in [5.41, 5.74) is -0.212. The van der Waals surface area contributed by atoms with Crippen molar-refractivity contribution in [2.75, 3.05) is 46.8 Å². The summed E-state index contributed by atoms with van der Waals surface area (Å²) in [5.74, 6) is -7.93. The van der Waals surface area contributed by atoms with Gasteiger partial charge in [0, 0.05) is 31.5 Å². The number of piperidine rings is 1. The lowest BCUT2D eigenvalue weighted by atomic mass is 9.66. The van der Waals surface area contributed by atoms with Crippen LogP contribution in [0.1, 0.15) is 53.1 Å². The third-order valence-corrected chi connectivity index (χ3v) is 8.55. The lowest BCUT2D eigenvalue weighted by Gasteiger charge is -2.50. The van der Waals surface area contributed by atoms with E-state index < -0.39 is 65.6 Å². The van der Waals surface area contributed by atoms with Crippen LogP contribution in [0.5, 0.6) is 5.75 Å². The van der Waals surface area contributed by atoms with Crippen molar-refractivity contribution in [3.63, 3.8) is 0 Å². The van der Waals surface area contributed by atoms with Crippen molar-refractivity contribution >= 4 is 11.7 Å². The molecule has 0 aliphatic carbocycles. The number of carbonyl (C=O) groups is 2. The number of ketones is 1. The van der Waals surface area contributed by atoms with E-state index in [0.717, 1.165) is 23.1 Å². The number of phenols is 1. The summed E-state index contributed by atoms with van der Waals surface area (Å²) >= 11 is 0. The molecule has 6 nitrogen and oxygen atoms in total. The Morgan fingerprint density at radius 2 is 1.74 bits per heavy atom. The van der Waals surface area contributed by atoms with Crippen molar-refractivity contribution in [1.29, 1.82) is 0 Å². The number of aromatic hydroxyl groups is 1. The minimum Gasteiger partial charge on any atom is -0.507 e. The Morgan fingerprint density at radius 3 is 2.38 bits per heavy atom. The van der Waals surface area contributed by atoms with Gasteiger partial charge in [0.2, 0.25) is 5.91 Å². The predicted molar refractivity (Wildman–Crippen MR) is 148 cm³/mol. The number of rotatable bonds is 9. The van der Waals surface area contributed by atoms with Crippen molar-refractivity contribution in [2.24, 2.45) is 11.8 Å². The number of phenolic OH excluding ortho intramolecular Hbond substituents is 1. The van der Waals surface area contributed by atoms with E-state index in [0.29, 0.717) is 45.3 Å². The summed E-state index contributed by atoms with van der Waals surface area (Å²) in [6, 6.07) is 4.60. The first-order chi connectivity index (χ1) is 19.8. The highest BCUT2D eigenvalue weighted by Gasteiger charge is 2.60. The number of halogens is 5. The summed E-state index contributed by atoms with van der Waals surface area (Å²) in [5, 5.41) is 10.5. The minimum absolute atomic E-state index is 0.0322. The molecule has 2 aliphatic rings. The van der Waals surface area contributed by atoms with Gasteiger partial charge in [0.05, 0.1) is 11.5 Å². The molecule has 2 aromatic rings. The van der Waals surface area contributed by atoms with E-state index in [2.05, 4.69) is 0 Å².